The van der Waals surface area contributed by atoms with Crippen molar-refractivity contribution >= 4 is 17.6 Å². The van der Waals surface area contributed by atoms with Crippen LogP contribution in [0.5, 0.6) is 0 Å². The van der Waals surface area contributed by atoms with Crippen LogP contribution < -0.4 is 0 Å². The van der Waals surface area contributed by atoms with E-state index in [1.165, 1.54) is 29.2 Å². The summed E-state index contributed by atoms with van der Waals surface area (Å²) in [5, 5.41) is 10.9. The molecule has 1 aliphatic heterocycles. The molecule has 1 aliphatic rings. The molecule has 0 radical (unpaired) electrons. The average Bonchev–Trinajstić information content (AvgIpc) is 2.72. The first-order chi connectivity index (χ1) is 14.3. The molecule has 0 fully saturated rings. The number of nitro benzene ring substituents is 1. The largest absolute Gasteiger partial charge is 0.463 e. The first-order valence-corrected chi connectivity index (χ1v) is 9.48. The highest BCUT2D eigenvalue weighted by atomic mass is 19.1. The highest BCUT2D eigenvalue weighted by Crippen LogP contribution is 2.38. The molecule has 0 N–H and O–H groups in total. The summed E-state index contributed by atoms with van der Waals surface area (Å²) >= 11 is 0. The molecule has 2 aromatic rings. The minimum atomic E-state index is -0.568. The number of amides is 1. The molecule has 0 bridgehead atoms. The van der Waals surface area contributed by atoms with Crippen LogP contribution in [0, 0.1) is 15.9 Å². The summed E-state index contributed by atoms with van der Waals surface area (Å²) in [4.78, 5) is 37.6. The molecule has 0 spiro atoms. The molecule has 2 aromatic carbocycles. The van der Waals surface area contributed by atoms with Gasteiger partial charge in [-0.15, -0.1) is 0 Å². The van der Waals surface area contributed by atoms with Crippen LogP contribution in [0.3, 0.4) is 0 Å². The molecule has 8 heteroatoms. The third-order valence-corrected chi connectivity index (χ3v) is 5.08. The third-order valence-electron chi connectivity index (χ3n) is 5.08. The molecular weight excluding hydrogens is 391 g/mol. The number of hydrogen-bond acceptors (Lipinski definition) is 5. The Morgan fingerprint density at radius 1 is 1.20 bits per heavy atom. The molecule has 30 heavy (non-hydrogen) atoms. The van der Waals surface area contributed by atoms with E-state index in [1.54, 1.807) is 38.1 Å². The van der Waals surface area contributed by atoms with Gasteiger partial charge in [0.1, 0.15) is 5.82 Å². The van der Waals surface area contributed by atoms with Crippen LogP contribution in [-0.2, 0) is 20.9 Å². The van der Waals surface area contributed by atoms with Crippen LogP contribution in [0.2, 0.25) is 0 Å². The maximum absolute atomic E-state index is 13.2. The number of nitro groups is 1. The molecule has 1 amide bonds. The molecule has 0 saturated carbocycles. The summed E-state index contributed by atoms with van der Waals surface area (Å²) in [6.45, 7) is 3.74. The van der Waals surface area contributed by atoms with Gasteiger partial charge in [-0.2, -0.15) is 0 Å². The minimum Gasteiger partial charge on any atom is -0.463 e. The van der Waals surface area contributed by atoms with Crippen molar-refractivity contribution < 1.29 is 23.6 Å². The lowest BCUT2D eigenvalue weighted by atomic mass is 9.83. The zero-order valence-corrected chi connectivity index (χ0v) is 16.6. The highest BCUT2D eigenvalue weighted by Gasteiger charge is 2.37. The average molecular weight is 412 g/mol. The maximum atomic E-state index is 13.2. The van der Waals surface area contributed by atoms with Crippen LogP contribution in [0.4, 0.5) is 10.1 Å². The topological polar surface area (TPSA) is 89.8 Å². The van der Waals surface area contributed by atoms with Gasteiger partial charge in [0, 0.05) is 30.2 Å². The molecule has 0 aliphatic carbocycles. The number of hydrogen-bond donors (Lipinski definition) is 0. The molecule has 7 nitrogen and oxygen atoms in total. The lowest BCUT2D eigenvalue weighted by molar-refractivity contribution is -0.384. The predicted octanol–water partition coefficient (Wildman–Crippen LogP) is 4.09. The maximum Gasteiger partial charge on any atom is 0.336 e. The monoisotopic (exact) mass is 412 g/mol. The number of carbonyl (C=O) groups is 2. The third kappa shape index (κ3) is 4.37. The van der Waals surface area contributed by atoms with Gasteiger partial charge in [0.25, 0.3) is 5.69 Å². The number of nitrogens with zero attached hydrogens (tertiary/aromatic N) is 2. The van der Waals surface area contributed by atoms with Gasteiger partial charge in [0.2, 0.25) is 5.91 Å². The van der Waals surface area contributed by atoms with Crippen LogP contribution in [-0.4, -0.2) is 28.3 Å². The molecule has 1 unspecified atom stereocenters. The molecular formula is C22H21FN2O5. The van der Waals surface area contributed by atoms with E-state index in [2.05, 4.69) is 0 Å². The van der Waals surface area contributed by atoms with Gasteiger partial charge in [0.15, 0.2) is 0 Å². The van der Waals surface area contributed by atoms with Gasteiger partial charge in [-0.1, -0.05) is 24.3 Å². The van der Waals surface area contributed by atoms with Gasteiger partial charge in [0.05, 0.1) is 23.6 Å². The van der Waals surface area contributed by atoms with Crippen molar-refractivity contribution in [3.8, 4) is 0 Å². The van der Waals surface area contributed by atoms with Crippen molar-refractivity contribution in [2.75, 3.05) is 6.61 Å². The number of allylic oxidation sites excluding steroid dienone is 1. The predicted molar refractivity (Wildman–Crippen MR) is 107 cm³/mol. The Morgan fingerprint density at radius 3 is 2.40 bits per heavy atom. The van der Waals surface area contributed by atoms with Crippen LogP contribution >= 0.6 is 0 Å². The molecule has 0 saturated heterocycles. The van der Waals surface area contributed by atoms with E-state index in [4.69, 9.17) is 4.74 Å². The Bertz CT molecular complexity index is 999. The number of benzene rings is 2. The second-order valence-electron chi connectivity index (χ2n) is 6.93. The molecule has 1 atom stereocenters. The second-order valence-corrected chi connectivity index (χ2v) is 6.93. The number of ether oxygens (including phenoxy) is 1. The van der Waals surface area contributed by atoms with E-state index in [0.29, 0.717) is 16.8 Å². The number of rotatable bonds is 6. The Hall–Kier alpha value is -3.55. The number of esters is 1. The summed E-state index contributed by atoms with van der Waals surface area (Å²) < 4.78 is 18.4. The normalized spacial score (nSPS) is 16.6. The van der Waals surface area contributed by atoms with Crippen LogP contribution in [0.15, 0.2) is 59.8 Å². The molecule has 156 valence electrons. The summed E-state index contributed by atoms with van der Waals surface area (Å²) in [6, 6.07) is 11.6. The molecule has 3 rings (SSSR count). The second kappa shape index (κ2) is 8.86. The number of halogens is 1. The van der Waals surface area contributed by atoms with Gasteiger partial charge in [-0.05, 0) is 37.1 Å². The van der Waals surface area contributed by atoms with Crippen molar-refractivity contribution in [1.29, 1.82) is 0 Å². The summed E-state index contributed by atoms with van der Waals surface area (Å²) in [5.41, 5.74) is 2.07. The Balaban J connectivity index is 2.00. The molecule has 0 aromatic heterocycles. The fourth-order valence-corrected chi connectivity index (χ4v) is 3.56. The first-order valence-electron chi connectivity index (χ1n) is 9.48. The van der Waals surface area contributed by atoms with E-state index in [0.717, 1.165) is 5.56 Å². The van der Waals surface area contributed by atoms with Crippen LogP contribution in [0.1, 0.15) is 37.3 Å². The zero-order valence-electron chi connectivity index (χ0n) is 16.6. The van der Waals surface area contributed by atoms with Gasteiger partial charge >= 0.3 is 5.97 Å². The van der Waals surface area contributed by atoms with Crippen molar-refractivity contribution in [3.05, 3.63) is 86.9 Å². The van der Waals surface area contributed by atoms with Crippen LogP contribution in [0.25, 0.3) is 0 Å². The van der Waals surface area contributed by atoms with Gasteiger partial charge in [-0.3, -0.25) is 14.9 Å². The van der Waals surface area contributed by atoms with Gasteiger partial charge < -0.3 is 9.64 Å². The summed E-state index contributed by atoms with van der Waals surface area (Å²) in [7, 11) is 0. The van der Waals surface area contributed by atoms with Crippen molar-refractivity contribution in [1.82, 2.24) is 4.90 Å². The zero-order chi connectivity index (χ0) is 21.8. The Labute approximate surface area is 172 Å². The van der Waals surface area contributed by atoms with E-state index in [1.807, 2.05) is 0 Å². The van der Waals surface area contributed by atoms with Crippen molar-refractivity contribution in [2.24, 2.45) is 0 Å². The van der Waals surface area contributed by atoms with E-state index >= 15 is 0 Å². The number of non-ortho nitro benzene ring substituents is 1. The Kier molecular flexibility index (Phi) is 6.25. The van der Waals surface area contributed by atoms with E-state index < -0.39 is 16.8 Å². The Morgan fingerprint density at radius 2 is 1.83 bits per heavy atom. The molecule has 1 heterocycles. The highest BCUT2D eigenvalue weighted by molar-refractivity contribution is 5.95. The quantitative estimate of drug-likeness (QED) is 0.405. The fraction of sp³-hybridized carbons (Fsp3) is 0.273. The smallest absolute Gasteiger partial charge is 0.336 e. The van der Waals surface area contributed by atoms with Crippen molar-refractivity contribution in [3.63, 3.8) is 0 Å². The van der Waals surface area contributed by atoms with Crippen molar-refractivity contribution in [2.45, 2.75) is 32.7 Å². The fourth-order valence-electron chi connectivity index (χ4n) is 3.56. The summed E-state index contributed by atoms with van der Waals surface area (Å²) in [6.07, 6.45) is 0.0183. The lowest BCUT2D eigenvalue weighted by Crippen LogP contribution is -2.38. The SMILES string of the molecule is CCOC(=O)C1=C(C)N(Cc2ccc(F)cc2)C(=O)CC1c1ccc([N+](=O)[O-])cc1. The first kappa shape index (κ1) is 21.2. The lowest BCUT2D eigenvalue weighted by Gasteiger charge is -2.34. The van der Waals surface area contributed by atoms with Gasteiger partial charge in [-0.25, -0.2) is 9.18 Å². The minimum absolute atomic E-state index is 0.0183. The van der Waals surface area contributed by atoms with E-state index in [-0.39, 0.29) is 37.0 Å². The standard InChI is InChI=1S/C22H21FN2O5/c1-3-30-22(27)21-14(2)24(13-15-4-8-17(23)9-5-15)20(26)12-19(21)16-6-10-18(11-7-16)25(28)29/h4-11,19H,3,12-13H2,1-2H3. The number of carbonyl (C=O) groups excluding carboxylic acids is 2. The van der Waals surface area contributed by atoms with E-state index in [9.17, 15) is 24.1 Å². The summed E-state index contributed by atoms with van der Waals surface area (Å²) in [5.74, 6) is -1.67.